The van der Waals surface area contributed by atoms with Crippen LogP contribution in [-0.2, 0) is 9.59 Å². The molecule has 0 aliphatic carbocycles. The van der Waals surface area contributed by atoms with Crippen LogP contribution in [0.3, 0.4) is 0 Å². The first-order valence-corrected chi connectivity index (χ1v) is 7.88. The summed E-state index contributed by atoms with van der Waals surface area (Å²) >= 11 is 3.85. The zero-order chi connectivity index (χ0) is 16.2. The van der Waals surface area contributed by atoms with Gasteiger partial charge in [0.25, 0.3) is 5.91 Å². The lowest BCUT2D eigenvalue weighted by Crippen LogP contribution is -2.41. The van der Waals surface area contributed by atoms with Gasteiger partial charge in [0.15, 0.2) is 0 Å². The molecule has 21 heavy (non-hydrogen) atoms. The zero-order valence-corrected chi connectivity index (χ0v) is 14.9. The van der Waals surface area contributed by atoms with Gasteiger partial charge in [-0.3, -0.25) is 9.59 Å². The van der Waals surface area contributed by atoms with Crippen LogP contribution in [0.4, 0.5) is 0 Å². The Balaban J connectivity index is 2.92. The van der Waals surface area contributed by atoms with Gasteiger partial charge in [0.05, 0.1) is 9.13 Å². The number of benzene rings is 1. The molecule has 1 aromatic carbocycles. The van der Waals surface area contributed by atoms with Gasteiger partial charge in [-0.15, -0.1) is 0 Å². The second-order valence-electron chi connectivity index (χ2n) is 4.15. The first-order chi connectivity index (χ1) is 9.72. The highest BCUT2D eigenvalue weighted by Gasteiger charge is 2.23. The van der Waals surface area contributed by atoms with Crippen molar-refractivity contribution in [3.05, 3.63) is 24.8 Å². The molecule has 0 aromatic heterocycles. The van der Waals surface area contributed by atoms with E-state index in [4.69, 9.17) is 10.8 Å². The summed E-state index contributed by atoms with van der Waals surface area (Å²) in [6.45, 7) is 0. The fourth-order valence-corrected chi connectivity index (χ4v) is 3.36. The highest BCUT2D eigenvalue weighted by atomic mass is 127. The molecule has 0 spiro atoms. The van der Waals surface area contributed by atoms with Crippen molar-refractivity contribution < 1.29 is 24.6 Å². The number of aromatic hydroxyl groups is 1. The van der Waals surface area contributed by atoms with Crippen molar-refractivity contribution in [3.8, 4) is 5.75 Å². The SMILES string of the molecule is NC(=O)CCC(NC(=O)c1cc(I)cc(I)c1O)C(=O)O. The van der Waals surface area contributed by atoms with Crippen LogP contribution in [0.2, 0.25) is 0 Å². The fourth-order valence-electron chi connectivity index (χ4n) is 1.52. The molecule has 1 unspecified atom stereocenters. The second-order valence-corrected chi connectivity index (χ2v) is 6.56. The molecule has 7 nitrogen and oxygen atoms in total. The molecule has 0 fully saturated rings. The highest BCUT2D eigenvalue weighted by Crippen LogP contribution is 2.27. The summed E-state index contributed by atoms with van der Waals surface area (Å²) in [4.78, 5) is 33.8. The predicted octanol–water partition coefficient (Wildman–Crippen LogP) is 1.05. The summed E-state index contributed by atoms with van der Waals surface area (Å²) in [7, 11) is 0. The van der Waals surface area contributed by atoms with E-state index in [0.29, 0.717) is 3.57 Å². The van der Waals surface area contributed by atoms with Crippen molar-refractivity contribution in [3.63, 3.8) is 0 Å². The molecule has 114 valence electrons. The van der Waals surface area contributed by atoms with Gasteiger partial charge in [0.2, 0.25) is 5.91 Å². The molecule has 5 N–H and O–H groups in total. The summed E-state index contributed by atoms with van der Waals surface area (Å²) < 4.78 is 1.21. The molecule has 0 heterocycles. The van der Waals surface area contributed by atoms with Crippen molar-refractivity contribution in [1.29, 1.82) is 0 Å². The average Bonchev–Trinajstić information content (AvgIpc) is 2.37. The first kappa shape index (κ1) is 17.9. The van der Waals surface area contributed by atoms with Gasteiger partial charge in [-0.1, -0.05) is 0 Å². The molecule has 1 aromatic rings. The van der Waals surface area contributed by atoms with E-state index < -0.39 is 23.8 Å². The number of amides is 2. The van der Waals surface area contributed by atoms with Crippen LogP contribution in [0.25, 0.3) is 0 Å². The Morgan fingerprint density at radius 3 is 2.43 bits per heavy atom. The van der Waals surface area contributed by atoms with Gasteiger partial charge < -0.3 is 21.3 Å². The molecule has 0 aliphatic heterocycles. The summed E-state index contributed by atoms with van der Waals surface area (Å²) in [6, 6.07) is 1.87. The Morgan fingerprint density at radius 2 is 1.90 bits per heavy atom. The minimum atomic E-state index is -1.27. The van der Waals surface area contributed by atoms with Gasteiger partial charge in [0, 0.05) is 9.99 Å². The molecule has 0 saturated carbocycles. The number of nitrogens with two attached hydrogens (primary N) is 1. The number of aliphatic carboxylic acids is 1. The van der Waals surface area contributed by atoms with Crippen LogP contribution in [0.1, 0.15) is 23.2 Å². The van der Waals surface area contributed by atoms with Crippen molar-refractivity contribution in [2.75, 3.05) is 0 Å². The lowest BCUT2D eigenvalue weighted by Gasteiger charge is -2.15. The Hall–Kier alpha value is -1.11. The van der Waals surface area contributed by atoms with E-state index in [9.17, 15) is 19.5 Å². The lowest BCUT2D eigenvalue weighted by molar-refractivity contribution is -0.139. The quantitative estimate of drug-likeness (QED) is 0.419. The number of carboxylic acid groups (broad SMARTS) is 1. The maximum atomic E-state index is 12.1. The Kier molecular flexibility index (Phi) is 6.64. The lowest BCUT2D eigenvalue weighted by atomic mass is 10.1. The van der Waals surface area contributed by atoms with Crippen molar-refractivity contribution >= 4 is 63.0 Å². The molecule has 1 rings (SSSR count). The maximum Gasteiger partial charge on any atom is 0.326 e. The number of phenols is 1. The molecular formula is C12H12I2N2O5. The topological polar surface area (TPSA) is 130 Å². The van der Waals surface area contributed by atoms with Gasteiger partial charge in [0.1, 0.15) is 11.8 Å². The Morgan fingerprint density at radius 1 is 1.29 bits per heavy atom. The van der Waals surface area contributed by atoms with Gasteiger partial charge in [-0.2, -0.15) is 0 Å². The van der Waals surface area contributed by atoms with Gasteiger partial charge >= 0.3 is 5.97 Å². The monoisotopic (exact) mass is 518 g/mol. The van der Waals surface area contributed by atoms with E-state index >= 15 is 0 Å². The van der Waals surface area contributed by atoms with E-state index in [0.717, 1.165) is 3.57 Å². The van der Waals surface area contributed by atoms with Gasteiger partial charge in [-0.25, -0.2) is 4.79 Å². The number of rotatable bonds is 6. The van der Waals surface area contributed by atoms with E-state index in [1.54, 1.807) is 6.07 Å². The summed E-state index contributed by atoms with van der Waals surface area (Å²) in [5.41, 5.74) is 4.94. The number of carboxylic acids is 1. The van der Waals surface area contributed by atoms with E-state index in [-0.39, 0.29) is 24.2 Å². The number of halogens is 2. The highest BCUT2D eigenvalue weighted by molar-refractivity contribution is 14.1. The van der Waals surface area contributed by atoms with Crippen LogP contribution >= 0.6 is 45.2 Å². The molecule has 1 atom stereocenters. The largest absolute Gasteiger partial charge is 0.506 e. The molecule has 9 heteroatoms. The third-order valence-electron chi connectivity index (χ3n) is 2.56. The normalized spacial score (nSPS) is 11.7. The van der Waals surface area contributed by atoms with Crippen LogP contribution in [0, 0.1) is 7.14 Å². The fraction of sp³-hybridized carbons (Fsp3) is 0.250. The number of nitrogens with one attached hydrogen (secondary N) is 1. The summed E-state index contributed by atoms with van der Waals surface area (Å²) in [5, 5.41) is 21.2. The van der Waals surface area contributed by atoms with Gasteiger partial charge in [-0.05, 0) is 63.7 Å². The standard InChI is InChI=1S/C12H12I2N2O5/c13-5-3-6(10(18)7(14)4-5)11(19)16-8(12(20)21)1-2-9(15)17/h3-4,8,18H,1-2H2,(H2,15,17)(H,16,19)(H,20,21). The second kappa shape index (κ2) is 7.77. The Bertz CT molecular complexity index is 591. The van der Waals surface area contributed by atoms with E-state index in [1.807, 2.05) is 45.2 Å². The molecular weight excluding hydrogens is 506 g/mol. The zero-order valence-electron chi connectivity index (χ0n) is 10.6. The maximum absolute atomic E-state index is 12.1. The number of primary amides is 1. The molecule has 0 bridgehead atoms. The van der Waals surface area contributed by atoms with E-state index in [2.05, 4.69) is 5.32 Å². The first-order valence-electron chi connectivity index (χ1n) is 5.72. The smallest absolute Gasteiger partial charge is 0.326 e. The third-order valence-corrected chi connectivity index (χ3v) is 4.00. The van der Waals surface area contributed by atoms with E-state index in [1.165, 1.54) is 6.07 Å². The molecule has 0 saturated heterocycles. The van der Waals surface area contributed by atoms with Crippen LogP contribution in [0.15, 0.2) is 12.1 Å². The van der Waals surface area contributed by atoms with Crippen LogP contribution in [-0.4, -0.2) is 34.0 Å². The summed E-state index contributed by atoms with van der Waals surface area (Å²) in [6.07, 6.45) is -0.273. The number of hydrogen-bond donors (Lipinski definition) is 4. The van der Waals surface area contributed by atoms with Crippen molar-refractivity contribution in [1.82, 2.24) is 5.32 Å². The number of phenolic OH excluding ortho intramolecular Hbond substituents is 1. The van der Waals surface area contributed by atoms with Crippen LogP contribution in [0.5, 0.6) is 5.75 Å². The number of carbonyl (C=O) groups is 3. The minimum absolute atomic E-state index is 0.0170. The predicted molar refractivity (Wildman–Crippen MR) is 90.9 cm³/mol. The Labute approximate surface area is 147 Å². The summed E-state index contributed by atoms with van der Waals surface area (Å²) in [5.74, 6) is -2.86. The minimum Gasteiger partial charge on any atom is -0.506 e. The third kappa shape index (κ3) is 5.30. The van der Waals surface area contributed by atoms with Crippen molar-refractivity contribution in [2.24, 2.45) is 5.73 Å². The van der Waals surface area contributed by atoms with Crippen LogP contribution < -0.4 is 11.1 Å². The number of carbonyl (C=O) groups excluding carboxylic acids is 2. The number of hydrogen-bond acceptors (Lipinski definition) is 4. The average molecular weight is 518 g/mol. The molecule has 0 radical (unpaired) electrons. The molecule has 0 aliphatic rings. The molecule has 2 amide bonds. The van der Waals surface area contributed by atoms with Crippen molar-refractivity contribution in [2.45, 2.75) is 18.9 Å².